The highest BCUT2D eigenvalue weighted by Crippen LogP contribution is 2.20. The summed E-state index contributed by atoms with van der Waals surface area (Å²) < 4.78 is 28.3. The smallest absolute Gasteiger partial charge is 0.267 e. The number of anilines is 1. The Morgan fingerprint density at radius 3 is 2.83 bits per heavy atom. The third kappa shape index (κ3) is 3.83. The number of hydrogen-bond acceptors (Lipinski definition) is 6. The minimum absolute atomic E-state index is 0.0898. The van der Waals surface area contributed by atoms with Crippen LogP contribution in [0.4, 0.5) is 11.5 Å². The van der Waals surface area contributed by atoms with E-state index in [-0.39, 0.29) is 22.8 Å². The topological polar surface area (TPSA) is 131 Å². The molecule has 0 spiro atoms. The first-order valence-corrected chi connectivity index (χ1v) is 8.00. The van der Waals surface area contributed by atoms with Crippen molar-refractivity contribution in [2.45, 2.75) is 24.8 Å². The molecule has 23 heavy (non-hydrogen) atoms. The van der Waals surface area contributed by atoms with E-state index in [1.165, 1.54) is 28.9 Å². The van der Waals surface area contributed by atoms with Crippen molar-refractivity contribution in [1.82, 2.24) is 9.78 Å². The Kier molecular flexibility index (Phi) is 4.61. The van der Waals surface area contributed by atoms with Crippen molar-refractivity contribution in [2.75, 3.05) is 4.72 Å². The van der Waals surface area contributed by atoms with Gasteiger partial charge in [0.1, 0.15) is 0 Å². The van der Waals surface area contributed by atoms with Gasteiger partial charge in [0.25, 0.3) is 15.7 Å². The summed E-state index contributed by atoms with van der Waals surface area (Å²) in [6, 6.07) is 8.24. The van der Waals surface area contributed by atoms with E-state index in [4.69, 9.17) is 5.26 Å². The number of non-ortho nitro benzene ring substituents is 1. The molecule has 0 saturated heterocycles. The van der Waals surface area contributed by atoms with Crippen LogP contribution in [-0.2, 0) is 16.6 Å². The molecule has 10 heteroatoms. The van der Waals surface area contributed by atoms with Crippen molar-refractivity contribution in [2.24, 2.45) is 0 Å². The van der Waals surface area contributed by atoms with Gasteiger partial charge in [0.15, 0.2) is 5.82 Å². The number of nitro benzene ring substituents is 1. The number of aromatic nitrogens is 2. The zero-order valence-electron chi connectivity index (χ0n) is 12.1. The van der Waals surface area contributed by atoms with Crippen molar-refractivity contribution in [3.05, 3.63) is 46.1 Å². The molecular weight excluding hydrogens is 322 g/mol. The number of rotatable bonds is 6. The van der Waals surface area contributed by atoms with E-state index >= 15 is 0 Å². The highest BCUT2D eigenvalue weighted by molar-refractivity contribution is 7.92. The van der Waals surface area contributed by atoms with Crippen LogP contribution in [0.15, 0.2) is 35.2 Å². The van der Waals surface area contributed by atoms with Gasteiger partial charge in [-0.2, -0.15) is 10.4 Å². The summed E-state index contributed by atoms with van der Waals surface area (Å²) in [5.74, 6) is 0.0898. The molecule has 0 fully saturated rings. The Labute approximate surface area is 132 Å². The largest absolute Gasteiger partial charge is 0.270 e. The number of nitro groups is 1. The van der Waals surface area contributed by atoms with Crippen LogP contribution < -0.4 is 4.72 Å². The van der Waals surface area contributed by atoms with Gasteiger partial charge in [0.2, 0.25) is 0 Å². The number of nitriles is 1. The summed E-state index contributed by atoms with van der Waals surface area (Å²) >= 11 is 0. The van der Waals surface area contributed by atoms with Gasteiger partial charge < -0.3 is 0 Å². The maximum atomic E-state index is 12.3. The zero-order valence-corrected chi connectivity index (χ0v) is 12.9. The summed E-state index contributed by atoms with van der Waals surface area (Å²) in [7, 11) is -3.99. The molecule has 0 amide bonds. The van der Waals surface area contributed by atoms with Gasteiger partial charge in [-0.1, -0.05) is 6.07 Å². The van der Waals surface area contributed by atoms with Crippen molar-refractivity contribution in [1.29, 1.82) is 5.26 Å². The van der Waals surface area contributed by atoms with E-state index in [1.807, 2.05) is 6.07 Å². The molecule has 1 heterocycles. The molecule has 0 radical (unpaired) electrons. The molecular formula is C13H13N5O4S. The Hall–Kier alpha value is -2.93. The first-order valence-electron chi connectivity index (χ1n) is 6.52. The van der Waals surface area contributed by atoms with Crippen molar-refractivity contribution < 1.29 is 13.3 Å². The normalized spacial score (nSPS) is 11.0. The predicted molar refractivity (Wildman–Crippen MR) is 81.1 cm³/mol. The van der Waals surface area contributed by atoms with Gasteiger partial charge in [-0.25, -0.2) is 8.42 Å². The van der Waals surface area contributed by atoms with E-state index in [9.17, 15) is 18.5 Å². The monoisotopic (exact) mass is 335 g/mol. The minimum Gasteiger partial charge on any atom is -0.267 e. The molecule has 1 N–H and O–H groups in total. The summed E-state index contributed by atoms with van der Waals surface area (Å²) in [6.45, 7) is 2.08. The minimum atomic E-state index is -3.99. The number of nitrogens with zero attached hydrogens (tertiary/aromatic N) is 4. The predicted octanol–water partition coefficient (Wildman–Crippen LogP) is 1.81. The van der Waals surface area contributed by atoms with Crippen LogP contribution in [0.1, 0.15) is 12.1 Å². The highest BCUT2D eigenvalue weighted by atomic mass is 32.2. The van der Waals surface area contributed by atoms with E-state index < -0.39 is 14.9 Å². The summed E-state index contributed by atoms with van der Waals surface area (Å²) in [5, 5.41) is 23.4. The molecule has 0 atom stereocenters. The van der Waals surface area contributed by atoms with Gasteiger partial charge in [-0.05, 0) is 13.0 Å². The molecule has 120 valence electrons. The van der Waals surface area contributed by atoms with Crippen molar-refractivity contribution in [3.8, 4) is 6.07 Å². The van der Waals surface area contributed by atoms with Crippen LogP contribution in [0, 0.1) is 28.4 Å². The van der Waals surface area contributed by atoms with E-state index in [0.29, 0.717) is 12.2 Å². The second-order valence-electron chi connectivity index (χ2n) is 4.66. The van der Waals surface area contributed by atoms with Gasteiger partial charge in [0, 0.05) is 23.9 Å². The van der Waals surface area contributed by atoms with Crippen LogP contribution in [0.5, 0.6) is 0 Å². The van der Waals surface area contributed by atoms with Gasteiger partial charge in [0.05, 0.1) is 28.9 Å². The number of hydrogen-bond donors (Lipinski definition) is 1. The fourth-order valence-corrected chi connectivity index (χ4v) is 2.93. The van der Waals surface area contributed by atoms with Crippen LogP contribution in [0.2, 0.25) is 0 Å². The van der Waals surface area contributed by atoms with Gasteiger partial charge in [-0.3, -0.25) is 19.5 Å². The molecule has 0 saturated carbocycles. The Balaban J connectivity index is 2.27. The van der Waals surface area contributed by atoms with Crippen LogP contribution in [0.3, 0.4) is 0 Å². The van der Waals surface area contributed by atoms with Gasteiger partial charge in [-0.15, -0.1) is 0 Å². The van der Waals surface area contributed by atoms with Crippen LogP contribution in [-0.4, -0.2) is 23.1 Å². The zero-order chi connectivity index (χ0) is 17.0. The maximum Gasteiger partial charge on any atom is 0.270 e. The first kappa shape index (κ1) is 16.4. The number of aryl methyl sites for hydroxylation is 2. The average molecular weight is 335 g/mol. The summed E-state index contributed by atoms with van der Waals surface area (Å²) in [4.78, 5) is 9.84. The molecule has 9 nitrogen and oxygen atoms in total. The number of nitrogens with one attached hydrogen (secondary N) is 1. The summed E-state index contributed by atoms with van der Waals surface area (Å²) in [5.41, 5.74) is 0.376. The number of benzene rings is 1. The van der Waals surface area contributed by atoms with Crippen LogP contribution in [0.25, 0.3) is 0 Å². The quantitative estimate of drug-likeness (QED) is 0.632. The molecule has 0 aliphatic heterocycles. The molecule has 2 aromatic rings. The van der Waals surface area contributed by atoms with E-state index in [2.05, 4.69) is 9.82 Å². The SMILES string of the molecule is Cc1cc(NS(=O)(=O)c2cccc([N+](=O)[O-])c2)nn1CCC#N. The highest BCUT2D eigenvalue weighted by Gasteiger charge is 2.19. The number of sulfonamides is 1. The van der Waals surface area contributed by atoms with Gasteiger partial charge >= 0.3 is 0 Å². The molecule has 1 aromatic carbocycles. The second-order valence-corrected chi connectivity index (χ2v) is 6.34. The molecule has 1 aromatic heterocycles. The maximum absolute atomic E-state index is 12.3. The third-order valence-electron chi connectivity index (χ3n) is 2.99. The third-order valence-corrected chi connectivity index (χ3v) is 4.35. The van der Waals surface area contributed by atoms with Crippen LogP contribution >= 0.6 is 0 Å². The average Bonchev–Trinajstić information content (AvgIpc) is 2.84. The van der Waals surface area contributed by atoms with Crippen molar-refractivity contribution >= 4 is 21.5 Å². The van der Waals surface area contributed by atoms with Crippen molar-refractivity contribution in [3.63, 3.8) is 0 Å². The Morgan fingerprint density at radius 1 is 1.43 bits per heavy atom. The van der Waals surface area contributed by atoms with E-state index in [0.717, 1.165) is 6.07 Å². The lowest BCUT2D eigenvalue weighted by molar-refractivity contribution is -0.385. The second kappa shape index (κ2) is 6.45. The molecule has 0 aliphatic carbocycles. The fraction of sp³-hybridized carbons (Fsp3) is 0.231. The first-order chi connectivity index (χ1) is 10.8. The fourth-order valence-electron chi connectivity index (χ4n) is 1.90. The lowest BCUT2D eigenvalue weighted by atomic mass is 10.3. The van der Waals surface area contributed by atoms with E-state index in [1.54, 1.807) is 6.92 Å². The molecule has 0 bridgehead atoms. The molecule has 2 rings (SSSR count). The molecule has 0 aliphatic rings. The molecule has 0 unspecified atom stereocenters. The Bertz CT molecular complexity index is 882. The lowest BCUT2D eigenvalue weighted by Crippen LogP contribution is -2.14. The lowest BCUT2D eigenvalue weighted by Gasteiger charge is -2.05. The standard InChI is InChI=1S/C13H13N5O4S/c1-10-8-13(15-17(10)7-3-6-14)16-23(21,22)12-5-2-4-11(9-12)18(19)20/h2,4-5,8-9H,3,7H2,1H3,(H,15,16). The summed E-state index contributed by atoms with van der Waals surface area (Å²) in [6.07, 6.45) is 0.250. The Morgan fingerprint density at radius 2 is 2.17 bits per heavy atom.